The van der Waals surface area contributed by atoms with Crippen molar-refractivity contribution >= 4 is 11.8 Å². The van der Waals surface area contributed by atoms with E-state index in [1.807, 2.05) is 47.4 Å². The highest BCUT2D eigenvalue weighted by Gasteiger charge is 2.21. The Balaban J connectivity index is 1.37. The van der Waals surface area contributed by atoms with Crippen LogP contribution >= 0.6 is 0 Å². The molecule has 6 heteroatoms. The molecule has 2 amide bonds. The van der Waals surface area contributed by atoms with E-state index in [4.69, 9.17) is 5.26 Å². The maximum absolute atomic E-state index is 12.4. The van der Waals surface area contributed by atoms with E-state index < -0.39 is 0 Å². The molecule has 0 aliphatic carbocycles. The van der Waals surface area contributed by atoms with Crippen LogP contribution in [0.2, 0.25) is 0 Å². The third-order valence-corrected chi connectivity index (χ3v) is 4.87. The quantitative estimate of drug-likeness (QED) is 0.837. The Labute approximate surface area is 165 Å². The first-order chi connectivity index (χ1) is 13.7. The second-order valence-corrected chi connectivity index (χ2v) is 6.84. The van der Waals surface area contributed by atoms with Crippen molar-refractivity contribution in [2.24, 2.45) is 0 Å². The smallest absolute Gasteiger partial charge is 0.251 e. The largest absolute Gasteiger partial charge is 0.352 e. The van der Waals surface area contributed by atoms with Gasteiger partial charge in [-0.2, -0.15) is 5.26 Å². The maximum atomic E-state index is 12.4. The number of benzene rings is 2. The molecule has 0 aromatic heterocycles. The number of nitriles is 1. The summed E-state index contributed by atoms with van der Waals surface area (Å²) in [6.45, 7) is 4.20. The van der Waals surface area contributed by atoms with Crippen molar-refractivity contribution in [3.05, 3.63) is 71.3 Å². The van der Waals surface area contributed by atoms with E-state index in [9.17, 15) is 9.59 Å². The number of carbonyl (C=O) groups excluding carboxylic acids is 2. The summed E-state index contributed by atoms with van der Waals surface area (Å²) in [6, 6.07) is 18.7. The van der Waals surface area contributed by atoms with Crippen LogP contribution in [0.1, 0.15) is 27.9 Å². The minimum atomic E-state index is -0.152. The van der Waals surface area contributed by atoms with Gasteiger partial charge in [0, 0.05) is 51.3 Å². The normalized spacial score (nSPS) is 14.3. The summed E-state index contributed by atoms with van der Waals surface area (Å²) in [5.41, 5.74) is 2.44. The van der Waals surface area contributed by atoms with Gasteiger partial charge in [0.25, 0.3) is 5.91 Å². The van der Waals surface area contributed by atoms with Crippen molar-refractivity contribution in [1.82, 2.24) is 15.1 Å². The fourth-order valence-electron chi connectivity index (χ4n) is 3.23. The number of nitrogens with zero attached hydrogens (tertiary/aromatic N) is 3. The molecule has 3 rings (SSSR count). The van der Waals surface area contributed by atoms with Gasteiger partial charge >= 0.3 is 0 Å². The van der Waals surface area contributed by atoms with Crippen molar-refractivity contribution in [3.8, 4) is 6.07 Å². The lowest BCUT2D eigenvalue weighted by Crippen LogP contribution is -2.48. The van der Waals surface area contributed by atoms with Crippen molar-refractivity contribution < 1.29 is 9.59 Å². The molecule has 1 aliphatic rings. The highest BCUT2D eigenvalue weighted by atomic mass is 16.2. The zero-order valence-electron chi connectivity index (χ0n) is 15.8. The van der Waals surface area contributed by atoms with Gasteiger partial charge < -0.3 is 10.2 Å². The average Bonchev–Trinajstić information content (AvgIpc) is 2.75. The minimum Gasteiger partial charge on any atom is -0.352 e. The van der Waals surface area contributed by atoms with E-state index in [1.165, 1.54) is 5.56 Å². The number of nitrogens with one attached hydrogen (secondary N) is 1. The Kier molecular flexibility index (Phi) is 6.77. The molecule has 1 saturated heterocycles. The molecule has 2 aromatic carbocycles. The second-order valence-electron chi connectivity index (χ2n) is 6.84. The summed E-state index contributed by atoms with van der Waals surface area (Å²) in [4.78, 5) is 28.5. The highest BCUT2D eigenvalue weighted by molar-refractivity contribution is 5.94. The summed E-state index contributed by atoms with van der Waals surface area (Å²) < 4.78 is 0. The second kappa shape index (κ2) is 9.67. The van der Waals surface area contributed by atoms with Gasteiger partial charge in [-0.05, 0) is 29.8 Å². The van der Waals surface area contributed by atoms with Crippen molar-refractivity contribution in [2.45, 2.75) is 13.0 Å². The molecule has 1 aliphatic heterocycles. The summed E-state index contributed by atoms with van der Waals surface area (Å²) in [5.74, 6) is -0.0768. The molecule has 1 heterocycles. The number of carbonyl (C=O) groups is 2. The first-order valence-corrected chi connectivity index (χ1v) is 9.48. The van der Waals surface area contributed by atoms with E-state index in [0.29, 0.717) is 37.2 Å². The third kappa shape index (κ3) is 5.41. The lowest BCUT2D eigenvalue weighted by molar-refractivity contribution is -0.132. The summed E-state index contributed by atoms with van der Waals surface area (Å²) in [5, 5.41) is 11.7. The number of hydrogen-bond donors (Lipinski definition) is 1. The van der Waals surface area contributed by atoms with Crippen LogP contribution in [-0.2, 0) is 11.3 Å². The zero-order valence-corrected chi connectivity index (χ0v) is 15.8. The SMILES string of the molecule is N#Cc1ccc(CN2CCN(C(=O)CCNC(=O)c3ccccc3)CC2)cc1. The van der Waals surface area contributed by atoms with Crippen LogP contribution in [0.3, 0.4) is 0 Å². The standard InChI is InChI=1S/C22H24N4O2/c23-16-18-6-8-19(9-7-18)17-25-12-14-26(15-13-25)21(27)10-11-24-22(28)20-4-2-1-3-5-20/h1-9H,10-15,17H2,(H,24,28). The molecule has 1 N–H and O–H groups in total. The van der Waals surface area contributed by atoms with E-state index >= 15 is 0 Å². The molecule has 0 spiro atoms. The predicted octanol–water partition coefficient (Wildman–Crippen LogP) is 2.02. The van der Waals surface area contributed by atoms with Gasteiger partial charge in [-0.3, -0.25) is 14.5 Å². The van der Waals surface area contributed by atoms with Crippen LogP contribution in [0, 0.1) is 11.3 Å². The van der Waals surface area contributed by atoms with Crippen LogP contribution in [-0.4, -0.2) is 54.3 Å². The lowest BCUT2D eigenvalue weighted by Gasteiger charge is -2.34. The molecule has 0 saturated carbocycles. The molecule has 2 aromatic rings. The lowest BCUT2D eigenvalue weighted by atomic mass is 10.1. The van der Waals surface area contributed by atoms with Gasteiger partial charge in [-0.15, -0.1) is 0 Å². The maximum Gasteiger partial charge on any atom is 0.251 e. The van der Waals surface area contributed by atoms with E-state index in [0.717, 1.165) is 19.6 Å². The highest BCUT2D eigenvalue weighted by Crippen LogP contribution is 2.10. The summed E-state index contributed by atoms with van der Waals surface area (Å²) in [6.07, 6.45) is 0.314. The van der Waals surface area contributed by atoms with Crippen LogP contribution in [0.15, 0.2) is 54.6 Å². The third-order valence-electron chi connectivity index (χ3n) is 4.87. The van der Waals surface area contributed by atoms with Crippen molar-refractivity contribution in [2.75, 3.05) is 32.7 Å². The fourth-order valence-corrected chi connectivity index (χ4v) is 3.23. The van der Waals surface area contributed by atoms with Crippen molar-refractivity contribution in [1.29, 1.82) is 5.26 Å². The molecule has 28 heavy (non-hydrogen) atoms. The Morgan fingerprint density at radius 1 is 0.964 bits per heavy atom. The molecule has 0 atom stereocenters. The van der Waals surface area contributed by atoms with Crippen LogP contribution in [0.5, 0.6) is 0 Å². The molecule has 6 nitrogen and oxygen atoms in total. The Morgan fingerprint density at radius 2 is 1.64 bits per heavy atom. The molecular weight excluding hydrogens is 352 g/mol. The van der Waals surface area contributed by atoms with Crippen LogP contribution in [0.25, 0.3) is 0 Å². The number of piperazine rings is 1. The van der Waals surface area contributed by atoms with Crippen molar-refractivity contribution in [3.63, 3.8) is 0 Å². The van der Waals surface area contributed by atoms with Crippen LogP contribution < -0.4 is 5.32 Å². The van der Waals surface area contributed by atoms with Gasteiger partial charge in [-0.1, -0.05) is 30.3 Å². The van der Waals surface area contributed by atoms with Gasteiger partial charge in [-0.25, -0.2) is 0 Å². The number of amides is 2. The first kappa shape index (κ1) is 19.6. The summed E-state index contributed by atoms with van der Waals surface area (Å²) >= 11 is 0. The molecule has 144 valence electrons. The van der Waals surface area contributed by atoms with Gasteiger partial charge in [0.1, 0.15) is 0 Å². The van der Waals surface area contributed by atoms with E-state index in [2.05, 4.69) is 16.3 Å². The molecule has 1 fully saturated rings. The van der Waals surface area contributed by atoms with Crippen LogP contribution in [0.4, 0.5) is 0 Å². The first-order valence-electron chi connectivity index (χ1n) is 9.48. The minimum absolute atomic E-state index is 0.0754. The topological polar surface area (TPSA) is 76.4 Å². The summed E-state index contributed by atoms with van der Waals surface area (Å²) in [7, 11) is 0. The Morgan fingerprint density at radius 3 is 2.29 bits per heavy atom. The number of hydrogen-bond acceptors (Lipinski definition) is 4. The fraction of sp³-hybridized carbons (Fsp3) is 0.318. The van der Waals surface area contributed by atoms with Gasteiger partial charge in [0.15, 0.2) is 0 Å². The van der Waals surface area contributed by atoms with E-state index in [1.54, 1.807) is 12.1 Å². The molecular formula is C22H24N4O2. The number of rotatable bonds is 6. The average molecular weight is 376 g/mol. The van der Waals surface area contributed by atoms with Gasteiger partial charge in [0.2, 0.25) is 5.91 Å². The Bertz CT molecular complexity index is 835. The Hall–Kier alpha value is -3.17. The monoisotopic (exact) mass is 376 g/mol. The van der Waals surface area contributed by atoms with E-state index in [-0.39, 0.29) is 11.8 Å². The zero-order chi connectivity index (χ0) is 19.8. The predicted molar refractivity (Wildman–Crippen MR) is 106 cm³/mol. The molecule has 0 radical (unpaired) electrons. The molecule has 0 unspecified atom stereocenters. The van der Waals surface area contributed by atoms with Gasteiger partial charge in [0.05, 0.1) is 11.6 Å². The molecule has 0 bridgehead atoms.